The molecule has 0 saturated heterocycles. The Kier molecular flexibility index (Phi) is 7.13. The molecule has 2 rings (SSSR count). The number of benzene rings is 2. The molecule has 2 atom stereocenters. The lowest BCUT2D eigenvalue weighted by Gasteiger charge is -2.26. The number of carbonyl (C=O) groups excluding carboxylic acids is 2. The van der Waals surface area contributed by atoms with Gasteiger partial charge >= 0.3 is 11.9 Å². The van der Waals surface area contributed by atoms with Crippen LogP contribution in [0.4, 0.5) is 0 Å². The lowest BCUT2D eigenvalue weighted by molar-refractivity contribution is -0.158. The molecule has 0 spiro atoms. The first-order valence-electron chi connectivity index (χ1n) is 9.00. The molecular weight excluding hydrogens is 342 g/mol. The smallest absolute Gasteiger partial charge is 0.328 e. The van der Waals surface area contributed by atoms with Gasteiger partial charge in [0.15, 0.2) is 0 Å². The Morgan fingerprint density at radius 1 is 0.926 bits per heavy atom. The van der Waals surface area contributed by atoms with Gasteiger partial charge in [0.1, 0.15) is 24.3 Å². The highest BCUT2D eigenvalue weighted by atomic mass is 16.6. The summed E-state index contributed by atoms with van der Waals surface area (Å²) in [5, 5.41) is 3.04. The summed E-state index contributed by atoms with van der Waals surface area (Å²) in [6, 6.07) is 17.2. The van der Waals surface area contributed by atoms with Crippen molar-refractivity contribution in [1.29, 1.82) is 0 Å². The summed E-state index contributed by atoms with van der Waals surface area (Å²) in [4.78, 5) is 25.0. The maximum atomic E-state index is 12.7. The number of carbonyl (C=O) groups is 2. The van der Waals surface area contributed by atoms with E-state index in [9.17, 15) is 9.59 Å². The lowest BCUT2D eigenvalue weighted by Crippen LogP contribution is -2.43. The van der Waals surface area contributed by atoms with E-state index in [0.29, 0.717) is 0 Å². The second-order valence-corrected chi connectivity index (χ2v) is 7.36. The number of ether oxygens (including phenoxy) is 2. The molecule has 0 unspecified atom stereocenters. The minimum absolute atomic E-state index is 0.189. The SMILES string of the molecule is C[C@@H](N[C@H](C(=O)OC(C)(C)C)c1ccccc1)C(=O)OCc1ccccc1. The van der Waals surface area contributed by atoms with E-state index in [1.807, 2.05) is 81.4 Å². The summed E-state index contributed by atoms with van der Waals surface area (Å²) in [5.41, 5.74) is 1.02. The Labute approximate surface area is 160 Å². The van der Waals surface area contributed by atoms with Crippen LogP contribution in [0.5, 0.6) is 0 Å². The summed E-state index contributed by atoms with van der Waals surface area (Å²) in [6.07, 6.45) is 0. The molecule has 0 bridgehead atoms. The highest BCUT2D eigenvalue weighted by Crippen LogP contribution is 2.19. The average Bonchev–Trinajstić information content (AvgIpc) is 2.64. The molecular formula is C22H27NO4. The highest BCUT2D eigenvalue weighted by molar-refractivity contribution is 5.80. The first-order chi connectivity index (χ1) is 12.8. The lowest BCUT2D eigenvalue weighted by atomic mass is 10.1. The van der Waals surface area contributed by atoms with Crippen LogP contribution >= 0.6 is 0 Å². The third kappa shape index (κ3) is 6.87. The maximum Gasteiger partial charge on any atom is 0.328 e. The van der Waals surface area contributed by atoms with Crippen molar-refractivity contribution in [3.05, 3.63) is 71.8 Å². The third-order valence-electron chi connectivity index (χ3n) is 3.77. The molecule has 0 saturated carbocycles. The van der Waals surface area contributed by atoms with Gasteiger partial charge in [-0.15, -0.1) is 0 Å². The molecule has 27 heavy (non-hydrogen) atoms. The van der Waals surface area contributed by atoms with Crippen molar-refractivity contribution in [1.82, 2.24) is 5.32 Å². The summed E-state index contributed by atoms with van der Waals surface area (Å²) in [5.74, 6) is -0.861. The minimum atomic E-state index is -0.760. The summed E-state index contributed by atoms with van der Waals surface area (Å²) in [6.45, 7) is 7.29. The number of hydrogen-bond donors (Lipinski definition) is 1. The topological polar surface area (TPSA) is 64.6 Å². The fourth-order valence-electron chi connectivity index (χ4n) is 2.48. The van der Waals surface area contributed by atoms with Crippen LogP contribution in [0.15, 0.2) is 60.7 Å². The van der Waals surface area contributed by atoms with Crippen LogP contribution in [0.2, 0.25) is 0 Å². The Morgan fingerprint density at radius 3 is 2.04 bits per heavy atom. The first kappa shape index (κ1) is 20.6. The zero-order chi connectivity index (χ0) is 19.9. The van der Waals surface area contributed by atoms with Crippen molar-refractivity contribution >= 4 is 11.9 Å². The number of nitrogens with one attached hydrogen (secondary N) is 1. The van der Waals surface area contributed by atoms with Gasteiger partial charge in [-0.2, -0.15) is 0 Å². The van der Waals surface area contributed by atoms with Gasteiger partial charge in [-0.05, 0) is 38.8 Å². The molecule has 0 heterocycles. The number of hydrogen-bond acceptors (Lipinski definition) is 5. The van der Waals surface area contributed by atoms with Crippen molar-refractivity contribution in [2.45, 2.75) is 52.0 Å². The molecule has 0 aliphatic carbocycles. The minimum Gasteiger partial charge on any atom is -0.460 e. The van der Waals surface area contributed by atoms with Gasteiger partial charge in [-0.25, -0.2) is 4.79 Å². The van der Waals surface area contributed by atoms with Gasteiger partial charge in [0, 0.05) is 0 Å². The van der Waals surface area contributed by atoms with Crippen LogP contribution in [0.3, 0.4) is 0 Å². The van der Waals surface area contributed by atoms with Crippen LogP contribution in [0.1, 0.15) is 44.9 Å². The average molecular weight is 369 g/mol. The van der Waals surface area contributed by atoms with Crippen LogP contribution < -0.4 is 5.32 Å². The van der Waals surface area contributed by atoms with E-state index in [-0.39, 0.29) is 6.61 Å². The van der Waals surface area contributed by atoms with Gasteiger partial charge in [-0.3, -0.25) is 10.1 Å². The predicted molar refractivity (Wildman–Crippen MR) is 104 cm³/mol. The number of rotatable bonds is 7. The van der Waals surface area contributed by atoms with E-state index in [1.54, 1.807) is 6.92 Å². The molecule has 0 aromatic heterocycles. The fraction of sp³-hybridized carbons (Fsp3) is 0.364. The van der Waals surface area contributed by atoms with Gasteiger partial charge in [0.25, 0.3) is 0 Å². The van der Waals surface area contributed by atoms with Crippen molar-refractivity contribution in [3.8, 4) is 0 Å². The molecule has 0 amide bonds. The van der Waals surface area contributed by atoms with E-state index < -0.39 is 29.6 Å². The number of esters is 2. The Bertz CT molecular complexity index is 738. The monoisotopic (exact) mass is 369 g/mol. The zero-order valence-electron chi connectivity index (χ0n) is 16.3. The molecule has 0 radical (unpaired) electrons. The second-order valence-electron chi connectivity index (χ2n) is 7.36. The molecule has 2 aromatic rings. The van der Waals surface area contributed by atoms with Crippen LogP contribution in [0, 0.1) is 0 Å². The fourth-order valence-corrected chi connectivity index (χ4v) is 2.48. The van der Waals surface area contributed by atoms with Gasteiger partial charge in [-0.1, -0.05) is 60.7 Å². The largest absolute Gasteiger partial charge is 0.460 e. The maximum absolute atomic E-state index is 12.7. The summed E-state index contributed by atoms with van der Waals surface area (Å²) in [7, 11) is 0. The molecule has 0 aliphatic rings. The van der Waals surface area contributed by atoms with Crippen molar-refractivity contribution < 1.29 is 19.1 Å². The standard InChI is InChI=1S/C22H27NO4/c1-16(20(24)26-15-17-11-7-5-8-12-17)23-19(18-13-9-6-10-14-18)21(25)27-22(2,3)4/h5-14,16,19,23H,15H2,1-4H3/t16-,19+/m1/s1. The molecule has 144 valence electrons. The van der Waals surface area contributed by atoms with Crippen molar-refractivity contribution in [3.63, 3.8) is 0 Å². The van der Waals surface area contributed by atoms with E-state index in [1.165, 1.54) is 0 Å². The normalized spacial score (nSPS) is 13.5. The molecule has 5 heteroatoms. The highest BCUT2D eigenvalue weighted by Gasteiger charge is 2.29. The first-order valence-corrected chi connectivity index (χ1v) is 9.00. The Morgan fingerprint density at radius 2 is 1.48 bits per heavy atom. The van der Waals surface area contributed by atoms with Crippen LogP contribution in [-0.4, -0.2) is 23.6 Å². The second kappa shape index (κ2) is 9.33. The molecule has 0 aliphatic heterocycles. The van der Waals surface area contributed by atoms with Crippen molar-refractivity contribution in [2.24, 2.45) is 0 Å². The van der Waals surface area contributed by atoms with Gasteiger partial charge in [0.2, 0.25) is 0 Å². The quantitative estimate of drug-likeness (QED) is 0.752. The molecule has 0 fully saturated rings. The van der Waals surface area contributed by atoms with E-state index >= 15 is 0 Å². The third-order valence-corrected chi connectivity index (χ3v) is 3.77. The Balaban J connectivity index is 2.04. The van der Waals surface area contributed by atoms with Crippen molar-refractivity contribution in [2.75, 3.05) is 0 Å². The predicted octanol–water partition coefficient (Wildman–Crippen LogP) is 3.79. The van der Waals surface area contributed by atoms with E-state index in [2.05, 4.69) is 5.32 Å². The van der Waals surface area contributed by atoms with E-state index in [0.717, 1.165) is 11.1 Å². The zero-order valence-corrected chi connectivity index (χ0v) is 16.3. The molecule has 1 N–H and O–H groups in total. The molecule has 5 nitrogen and oxygen atoms in total. The van der Waals surface area contributed by atoms with Gasteiger partial charge < -0.3 is 9.47 Å². The van der Waals surface area contributed by atoms with E-state index in [4.69, 9.17) is 9.47 Å². The van der Waals surface area contributed by atoms with Crippen LogP contribution in [0.25, 0.3) is 0 Å². The summed E-state index contributed by atoms with van der Waals surface area (Å²) < 4.78 is 10.9. The Hall–Kier alpha value is -2.66. The molecule has 2 aromatic carbocycles. The van der Waals surface area contributed by atoms with Gasteiger partial charge in [0.05, 0.1) is 0 Å². The van der Waals surface area contributed by atoms with Crippen LogP contribution in [-0.2, 0) is 25.7 Å². The summed E-state index contributed by atoms with van der Waals surface area (Å²) >= 11 is 0.